The predicted molar refractivity (Wildman–Crippen MR) is 96.5 cm³/mol. The van der Waals surface area contributed by atoms with E-state index in [1.54, 1.807) is 25.3 Å². The smallest absolute Gasteiger partial charge is 0.348 e. The Morgan fingerprint density at radius 3 is 2.40 bits per heavy atom. The molecule has 0 aromatic heterocycles. The molecule has 0 radical (unpaired) electrons. The molecule has 1 heterocycles. The van der Waals surface area contributed by atoms with E-state index in [2.05, 4.69) is 4.99 Å². The van der Waals surface area contributed by atoms with E-state index in [9.17, 15) is 9.59 Å². The first-order chi connectivity index (χ1) is 12.0. The third-order valence-electron chi connectivity index (χ3n) is 4.18. The molecule has 5 nitrogen and oxygen atoms in total. The van der Waals surface area contributed by atoms with Crippen molar-refractivity contribution < 1.29 is 19.1 Å². The van der Waals surface area contributed by atoms with Crippen LogP contribution < -0.4 is 0 Å². The Labute approximate surface area is 148 Å². The number of esters is 2. The lowest BCUT2D eigenvalue weighted by Crippen LogP contribution is -2.48. The first-order valence-electron chi connectivity index (χ1n) is 8.37. The van der Waals surface area contributed by atoms with Crippen LogP contribution in [0.1, 0.15) is 33.6 Å². The van der Waals surface area contributed by atoms with E-state index in [1.165, 1.54) is 6.08 Å². The summed E-state index contributed by atoms with van der Waals surface area (Å²) in [5.41, 5.74) is 0.773. The van der Waals surface area contributed by atoms with Gasteiger partial charge < -0.3 is 9.47 Å². The first-order valence-corrected chi connectivity index (χ1v) is 8.37. The van der Waals surface area contributed by atoms with Crippen molar-refractivity contribution in [3.8, 4) is 0 Å². The molecule has 1 saturated heterocycles. The van der Waals surface area contributed by atoms with Crippen molar-refractivity contribution in [1.29, 1.82) is 0 Å². The monoisotopic (exact) mass is 341 g/mol. The standard InChI is InChI=1S/C20H23NO4/c1-4-15(2)20(3)24-18(22)17(19(23)25-20)13-9-6-10-14-21-16-11-7-5-8-12-16/h5-9,11-15H,4,10H2,1-3H3. The van der Waals surface area contributed by atoms with Gasteiger partial charge in [-0.25, -0.2) is 9.59 Å². The molecule has 1 aliphatic rings. The normalized spacial score (nSPS) is 22.1. The third-order valence-corrected chi connectivity index (χ3v) is 4.18. The van der Waals surface area contributed by atoms with Crippen molar-refractivity contribution in [1.82, 2.24) is 0 Å². The van der Waals surface area contributed by atoms with E-state index >= 15 is 0 Å². The summed E-state index contributed by atoms with van der Waals surface area (Å²) in [6.07, 6.45) is 7.90. The van der Waals surface area contributed by atoms with Gasteiger partial charge in [0.15, 0.2) is 0 Å². The first kappa shape index (κ1) is 18.6. The number of carbonyl (C=O) groups is 2. The second-order valence-electron chi connectivity index (χ2n) is 6.00. The van der Waals surface area contributed by atoms with Gasteiger partial charge in [-0.05, 0) is 24.6 Å². The molecule has 0 amide bonds. The van der Waals surface area contributed by atoms with E-state index in [0.717, 1.165) is 12.1 Å². The molecule has 1 fully saturated rings. The minimum absolute atomic E-state index is 0.0771. The maximum atomic E-state index is 12.1. The molecular formula is C20H23NO4. The van der Waals surface area contributed by atoms with Crippen LogP contribution in [0, 0.1) is 5.92 Å². The van der Waals surface area contributed by atoms with E-state index in [4.69, 9.17) is 9.47 Å². The summed E-state index contributed by atoms with van der Waals surface area (Å²) in [7, 11) is 0. The number of hydrogen-bond donors (Lipinski definition) is 0. The topological polar surface area (TPSA) is 65.0 Å². The fraction of sp³-hybridized carbons (Fsp3) is 0.350. The lowest BCUT2D eigenvalue weighted by atomic mass is 9.98. The van der Waals surface area contributed by atoms with E-state index in [1.807, 2.05) is 44.2 Å². The molecule has 0 aliphatic carbocycles. The van der Waals surface area contributed by atoms with Crippen LogP contribution in [0.15, 0.2) is 59.1 Å². The van der Waals surface area contributed by atoms with Crippen LogP contribution in [0.4, 0.5) is 5.69 Å². The third kappa shape index (κ3) is 4.89. The Morgan fingerprint density at radius 2 is 1.80 bits per heavy atom. The molecule has 132 valence electrons. The Kier molecular flexibility index (Phi) is 6.28. The van der Waals surface area contributed by atoms with Crippen LogP contribution in [0.25, 0.3) is 0 Å². The van der Waals surface area contributed by atoms with E-state index in [0.29, 0.717) is 6.42 Å². The van der Waals surface area contributed by atoms with Gasteiger partial charge >= 0.3 is 11.9 Å². The van der Waals surface area contributed by atoms with Crippen molar-refractivity contribution in [3.63, 3.8) is 0 Å². The number of cyclic esters (lactones) is 2. The molecular weight excluding hydrogens is 318 g/mol. The number of rotatable bonds is 6. The molecule has 0 saturated carbocycles. The van der Waals surface area contributed by atoms with Gasteiger partial charge in [-0.3, -0.25) is 4.99 Å². The van der Waals surface area contributed by atoms with Gasteiger partial charge in [-0.2, -0.15) is 0 Å². The molecule has 1 unspecified atom stereocenters. The minimum Gasteiger partial charge on any atom is -0.419 e. The summed E-state index contributed by atoms with van der Waals surface area (Å²) >= 11 is 0. The van der Waals surface area contributed by atoms with Gasteiger partial charge in [0.2, 0.25) is 0 Å². The highest BCUT2D eigenvalue weighted by Gasteiger charge is 2.45. The van der Waals surface area contributed by atoms with Crippen LogP contribution in [0.2, 0.25) is 0 Å². The number of carbonyl (C=O) groups excluding carboxylic acids is 2. The second kappa shape index (κ2) is 8.42. The molecule has 5 heteroatoms. The van der Waals surface area contributed by atoms with Crippen LogP contribution in [-0.4, -0.2) is 23.9 Å². The van der Waals surface area contributed by atoms with E-state index < -0.39 is 17.7 Å². The maximum Gasteiger partial charge on any atom is 0.348 e. The zero-order valence-corrected chi connectivity index (χ0v) is 14.8. The average molecular weight is 341 g/mol. The second-order valence-corrected chi connectivity index (χ2v) is 6.00. The van der Waals surface area contributed by atoms with Gasteiger partial charge in [0.05, 0.1) is 5.69 Å². The molecule has 0 spiro atoms. The maximum absolute atomic E-state index is 12.1. The Morgan fingerprint density at radius 1 is 1.16 bits per heavy atom. The van der Waals surface area contributed by atoms with Gasteiger partial charge in [-0.15, -0.1) is 0 Å². The summed E-state index contributed by atoms with van der Waals surface area (Å²) in [5, 5.41) is 0. The zero-order chi connectivity index (χ0) is 18.3. The van der Waals surface area contributed by atoms with Gasteiger partial charge in [0.1, 0.15) is 5.57 Å². The molecule has 25 heavy (non-hydrogen) atoms. The van der Waals surface area contributed by atoms with Crippen molar-refractivity contribution in [2.45, 2.75) is 39.4 Å². The van der Waals surface area contributed by atoms with Crippen LogP contribution in [-0.2, 0) is 19.1 Å². The summed E-state index contributed by atoms with van der Waals surface area (Å²) in [6, 6.07) is 9.58. The summed E-state index contributed by atoms with van der Waals surface area (Å²) < 4.78 is 10.7. The average Bonchev–Trinajstić information content (AvgIpc) is 2.59. The largest absolute Gasteiger partial charge is 0.419 e. The highest BCUT2D eigenvalue weighted by Crippen LogP contribution is 2.31. The highest BCUT2D eigenvalue weighted by molar-refractivity contribution is 6.15. The fourth-order valence-electron chi connectivity index (χ4n) is 2.27. The lowest BCUT2D eigenvalue weighted by Gasteiger charge is -2.37. The summed E-state index contributed by atoms with van der Waals surface area (Å²) in [4.78, 5) is 28.5. The zero-order valence-electron chi connectivity index (χ0n) is 14.8. The lowest BCUT2D eigenvalue weighted by molar-refractivity contribution is -0.245. The molecule has 2 rings (SSSR count). The number of nitrogens with zero attached hydrogens (tertiary/aromatic N) is 1. The van der Waals surface area contributed by atoms with Crippen LogP contribution >= 0.6 is 0 Å². The number of ether oxygens (including phenoxy) is 2. The number of aliphatic imine (C=N–C) groups is 1. The quantitative estimate of drug-likeness (QED) is 0.338. The Balaban J connectivity index is 1.94. The van der Waals surface area contributed by atoms with Gasteiger partial charge in [-0.1, -0.05) is 44.2 Å². The number of benzene rings is 1. The van der Waals surface area contributed by atoms with Crippen molar-refractivity contribution in [2.24, 2.45) is 10.9 Å². The minimum atomic E-state index is -1.20. The molecule has 1 atom stereocenters. The predicted octanol–water partition coefficient (Wildman–Crippen LogP) is 4.12. The molecule has 0 N–H and O–H groups in total. The summed E-state index contributed by atoms with van der Waals surface area (Å²) in [6.45, 7) is 5.44. The SMILES string of the molecule is CCC(C)C1(C)OC(=O)C(=CC=CCC=Nc2ccccc2)C(=O)O1. The highest BCUT2D eigenvalue weighted by atomic mass is 16.7. The number of para-hydroxylation sites is 1. The Bertz CT molecular complexity index is 684. The van der Waals surface area contributed by atoms with Gasteiger partial charge in [0, 0.05) is 25.5 Å². The van der Waals surface area contributed by atoms with Gasteiger partial charge in [0.25, 0.3) is 5.79 Å². The van der Waals surface area contributed by atoms with Crippen LogP contribution in [0.5, 0.6) is 0 Å². The number of hydrogen-bond acceptors (Lipinski definition) is 5. The molecule has 1 aromatic carbocycles. The van der Waals surface area contributed by atoms with Crippen molar-refractivity contribution in [3.05, 3.63) is 54.1 Å². The fourth-order valence-corrected chi connectivity index (χ4v) is 2.27. The number of allylic oxidation sites excluding steroid dienone is 3. The van der Waals surface area contributed by atoms with Crippen molar-refractivity contribution in [2.75, 3.05) is 0 Å². The van der Waals surface area contributed by atoms with Crippen molar-refractivity contribution >= 4 is 23.8 Å². The van der Waals surface area contributed by atoms with Crippen LogP contribution in [0.3, 0.4) is 0 Å². The Hall–Kier alpha value is -2.69. The molecule has 0 bridgehead atoms. The molecule has 1 aromatic rings. The summed E-state index contributed by atoms with van der Waals surface area (Å²) in [5.74, 6) is -2.58. The molecule has 1 aliphatic heterocycles. The van der Waals surface area contributed by atoms with E-state index in [-0.39, 0.29) is 11.5 Å².